The Kier molecular flexibility index (Phi) is 5.15. The Morgan fingerprint density at radius 1 is 0.912 bits per heavy atom. The smallest absolute Gasteiger partial charge is 0.322 e. The second-order valence-corrected chi connectivity index (χ2v) is 8.74. The van der Waals surface area contributed by atoms with Crippen molar-refractivity contribution in [2.75, 3.05) is 18.5 Å². The van der Waals surface area contributed by atoms with Gasteiger partial charge in [-0.1, -0.05) is 41.9 Å². The lowest BCUT2D eigenvalue weighted by Crippen LogP contribution is -2.37. The summed E-state index contributed by atoms with van der Waals surface area (Å²) in [6.45, 7) is 1.46. The van der Waals surface area contributed by atoms with E-state index in [1.165, 1.54) is 0 Å². The zero-order valence-electron chi connectivity index (χ0n) is 18.3. The van der Waals surface area contributed by atoms with E-state index in [1.54, 1.807) is 6.07 Å². The third-order valence-corrected chi connectivity index (χ3v) is 6.46. The van der Waals surface area contributed by atoms with E-state index >= 15 is 0 Å². The van der Waals surface area contributed by atoms with Crippen molar-refractivity contribution in [3.05, 3.63) is 107 Å². The van der Waals surface area contributed by atoms with Gasteiger partial charge in [0.2, 0.25) is 0 Å². The Hall–Kier alpha value is -3.90. The minimum absolute atomic E-state index is 0.207. The quantitative estimate of drug-likeness (QED) is 0.388. The topological polar surface area (TPSA) is 55.7 Å². The number of urea groups is 1. The second kappa shape index (κ2) is 8.47. The number of hydrogen-bond donors (Lipinski definition) is 1. The number of halogens is 1. The van der Waals surface area contributed by atoms with E-state index in [-0.39, 0.29) is 12.1 Å². The van der Waals surface area contributed by atoms with Crippen molar-refractivity contribution in [1.29, 1.82) is 0 Å². The number of aromatic nitrogens is 1. The number of amides is 2. The van der Waals surface area contributed by atoms with Crippen molar-refractivity contribution in [3.8, 4) is 17.2 Å². The minimum Gasteiger partial charge on any atom is -0.486 e. The lowest BCUT2D eigenvalue weighted by molar-refractivity contribution is 0.171. The fourth-order valence-corrected chi connectivity index (χ4v) is 4.78. The normalized spacial score (nSPS) is 16.3. The molecule has 3 heterocycles. The van der Waals surface area contributed by atoms with Crippen LogP contribution in [0, 0.1) is 0 Å². The average molecular weight is 472 g/mol. The Morgan fingerprint density at radius 3 is 2.56 bits per heavy atom. The summed E-state index contributed by atoms with van der Waals surface area (Å²) in [6, 6.07) is 24.9. The molecule has 34 heavy (non-hydrogen) atoms. The molecule has 170 valence electrons. The summed E-state index contributed by atoms with van der Waals surface area (Å²) in [4.78, 5) is 15.6. The molecule has 0 saturated heterocycles. The SMILES string of the molecule is O=C(Nc1ccc2c(c1)OCCO2)N1Cc2ccccc2-n2cccc2[C@H]1c1ccc(Cl)cc1. The number of anilines is 1. The summed E-state index contributed by atoms with van der Waals surface area (Å²) in [6.07, 6.45) is 2.04. The lowest BCUT2D eigenvalue weighted by atomic mass is 10.0. The Balaban J connectivity index is 1.42. The van der Waals surface area contributed by atoms with E-state index in [0.717, 1.165) is 22.5 Å². The molecule has 6 rings (SSSR count). The second-order valence-electron chi connectivity index (χ2n) is 8.30. The van der Waals surface area contributed by atoms with Gasteiger partial charge in [0.15, 0.2) is 11.5 Å². The first-order valence-corrected chi connectivity index (χ1v) is 11.5. The maximum absolute atomic E-state index is 13.8. The van der Waals surface area contributed by atoms with E-state index < -0.39 is 0 Å². The van der Waals surface area contributed by atoms with Gasteiger partial charge >= 0.3 is 6.03 Å². The number of fused-ring (bicyclic) bond motifs is 4. The van der Waals surface area contributed by atoms with Crippen LogP contribution in [0.25, 0.3) is 5.69 Å². The molecular weight excluding hydrogens is 450 g/mol. The fraction of sp³-hybridized carbons (Fsp3) is 0.148. The van der Waals surface area contributed by atoms with Crippen LogP contribution in [0.1, 0.15) is 22.9 Å². The highest BCUT2D eigenvalue weighted by molar-refractivity contribution is 6.30. The van der Waals surface area contributed by atoms with Gasteiger partial charge in [-0.2, -0.15) is 0 Å². The summed E-state index contributed by atoms with van der Waals surface area (Å²) >= 11 is 6.18. The van der Waals surface area contributed by atoms with Gasteiger partial charge in [0.25, 0.3) is 0 Å². The molecule has 2 aliphatic heterocycles. The van der Waals surface area contributed by atoms with Gasteiger partial charge in [-0.25, -0.2) is 4.79 Å². The van der Waals surface area contributed by atoms with Crippen LogP contribution in [0.2, 0.25) is 5.02 Å². The van der Waals surface area contributed by atoms with Crippen LogP contribution in [-0.4, -0.2) is 28.7 Å². The predicted molar refractivity (Wildman–Crippen MR) is 131 cm³/mol. The van der Waals surface area contributed by atoms with Gasteiger partial charge in [0, 0.05) is 28.7 Å². The Bertz CT molecular complexity index is 1370. The van der Waals surface area contributed by atoms with Gasteiger partial charge in [0.1, 0.15) is 13.2 Å². The molecule has 1 aromatic heterocycles. The molecule has 0 aliphatic carbocycles. The third-order valence-electron chi connectivity index (χ3n) is 6.20. The predicted octanol–water partition coefficient (Wildman–Crippen LogP) is 6.04. The number of nitrogens with one attached hydrogen (secondary N) is 1. The maximum Gasteiger partial charge on any atom is 0.322 e. The van der Waals surface area contributed by atoms with Crippen LogP contribution in [-0.2, 0) is 6.54 Å². The van der Waals surface area contributed by atoms with Crippen molar-refractivity contribution in [3.63, 3.8) is 0 Å². The van der Waals surface area contributed by atoms with E-state index in [1.807, 2.05) is 65.7 Å². The average Bonchev–Trinajstić information content (AvgIpc) is 3.29. The number of hydrogen-bond acceptors (Lipinski definition) is 3. The number of ether oxygens (including phenoxy) is 2. The molecule has 0 unspecified atom stereocenters. The molecule has 1 atom stereocenters. The number of nitrogens with zero attached hydrogens (tertiary/aromatic N) is 2. The first-order chi connectivity index (χ1) is 16.7. The summed E-state index contributed by atoms with van der Waals surface area (Å²) < 4.78 is 13.5. The minimum atomic E-state index is -0.308. The Morgan fingerprint density at radius 2 is 1.71 bits per heavy atom. The first kappa shape index (κ1) is 20.7. The van der Waals surface area contributed by atoms with E-state index in [4.69, 9.17) is 21.1 Å². The van der Waals surface area contributed by atoms with Crippen LogP contribution in [0.15, 0.2) is 85.1 Å². The molecule has 2 amide bonds. The molecular formula is C27H22ClN3O3. The highest BCUT2D eigenvalue weighted by atomic mass is 35.5. The number of para-hydroxylation sites is 1. The summed E-state index contributed by atoms with van der Waals surface area (Å²) in [5.74, 6) is 1.32. The van der Waals surface area contributed by atoms with Gasteiger partial charge in [0.05, 0.1) is 18.3 Å². The van der Waals surface area contributed by atoms with Crippen molar-refractivity contribution in [2.45, 2.75) is 12.6 Å². The number of carbonyl (C=O) groups is 1. The molecule has 2 aliphatic rings. The van der Waals surface area contributed by atoms with Crippen LogP contribution in [0.4, 0.5) is 10.5 Å². The summed E-state index contributed by atoms with van der Waals surface area (Å²) in [5.41, 5.74) is 4.76. The molecule has 0 spiro atoms. The number of benzene rings is 3. The standard InChI is InChI=1S/C27H22ClN3O3/c28-20-9-7-18(8-10-20)26-23-6-3-13-30(23)22-5-2-1-4-19(22)17-31(26)27(32)29-21-11-12-24-25(16-21)34-15-14-33-24/h1-13,16,26H,14-15,17H2,(H,29,32)/t26-/m1/s1. The van der Waals surface area contributed by atoms with Crippen molar-refractivity contribution < 1.29 is 14.3 Å². The molecule has 3 aromatic carbocycles. The molecule has 0 radical (unpaired) electrons. The summed E-state index contributed by atoms with van der Waals surface area (Å²) in [5, 5.41) is 3.73. The Labute approximate surface area is 202 Å². The van der Waals surface area contributed by atoms with Crippen LogP contribution in [0.5, 0.6) is 11.5 Å². The lowest BCUT2D eigenvalue weighted by Gasteiger charge is -2.31. The van der Waals surface area contributed by atoms with E-state index in [2.05, 4.69) is 28.1 Å². The van der Waals surface area contributed by atoms with Gasteiger partial charge in [-0.05, 0) is 53.6 Å². The first-order valence-electron chi connectivity index (χ1n) is 11.2. The largest absolute Gasteiger partial charge is 0.486 e. The van der Waals surface area contributed by atoms with Gasteiger partial charge < -0.3 is 24.3 Å². The van der Waals surface area contributed by atoms with Gasteiger partial charge in [-0.3, -0.25) is 0 Å². The zero-order chi connectivity index (χ0) is 23.1. The van der Waals surface area contributed by atoms with Crippen molar-refractivity contribution in [2.24, 2.45) is 0 Å². The van der Waals surface area contributed by atoms with Crippen LogP contribution < -0.4 is 14.8 Å². The van der Waals surface area contributed by atoms with E-state index in [9.17, 15) is 4.79 Å². The number of carbonyl (C=O) groups excluding carboxylic acids is 1. The maximum atomic E-state index is 13.8. The molecule has 0 saturated carbocycles. The molecule has 1 N–H and O–H groups in total. The fourth-order valence-electron chi connectivity index (χ4n) is 4.65. The molecule has 7 heteroatoms. The summed E-state index contributed by atoms with van der Waals surface area (Å²) in [7, 11) is 0. The molecule has 0 bridgehead atoms. The highest BCUT2D eigenvalue weighted by Gasteiger charge is 2.33. The third kappa shape index (κ3) is 3.66. The highest BCUT2D eigenvalue weighted by Crippen LogP contribution is 2.38. The van der Waals surface area contributed by atoms with Crippen LogP contribution >= 0.6 is 11.6 Å². The number of rotatable bonds is 2. The van der Waals surface area contributed by atoms with Crippen molar-refractivity contribution >= 4 is 23.3 Å². The monoisotopic (exact) mass is 471 g/mol. The molecule has 6 nitrogen and oxygen atoms in total. The zero-order valence-corrected chi connectivity index (χ0v) is 19.0. The van der Waals surface area contributed by atoms with Crippen molar-refractivity contribution in [1.82, 2.24) is 9.47 Å². The molecule has 4 aromatic rings. The van der Waals surface area contributed by atoms with E-state index in [0.29, 0.717) is 42.0 Å². The van der Waals surface area contributed by atoms with Crippen LogP contribution in [0.3, 0.4) is 0 Å². The molecule has 0 fully saturated rings. The van der Waals surface area contributed by atoms with Gasteiger partial charge in [-0.15, -0.1) is 0 Å².